The lowest BCUT2D eigenvalue weighted by Crippen LogP contribution is -2.25. The van der Waals surface area contributed by atoms with Crippen molar-refractivity contribution in [2.24, 2.45) is 0 Å². The molecule has 4 heteroatoms. The molecular weight excluding hydrogens is 597 g/mol. The smallest absolute Gasteiger partial charge is 0.164 e. The molecule has 2 heterocycles. The molecule has 0 radical (unpaired) electrons. The van der Waals surface area contributed by atoms with Gasteiger partial charge in [-0.25, -0.2) is 15.0 Å². The van der Waals surface area contributed by atoms with Gasteiger partial charge in [0.25, 0.3) is 0 Å². The van der Waals surface area contributed by atoms with Crippen molar-refractivity contribution in [2.45, 2.75) is 5.41 Å². The summed E-state index contributed by atoms with van der Waals surface area (Å²) in [6.45, 7) is 0. The van der Waals surface area contributed by atoms with Gasteiger partial charge in [0.2, 0.25) is 0 Å². The van der Waals surface area contributed by atoms with E-state index in [0.717, 1.165) is 27.8 Å². The summed E-state index contributed by atoms with van der Waals surface area (Å²) in [6, 6.07) is 55.8. The summed E-state index contributed by atoms with van der Waals surface area (Å²) in [6.07, 6.45) is 3.67. The second-order valence-electron chi connectivity index (χ2n) is 12.6. The minimum atomic E-state index is -0.435. The Morgan fingerprint density at radius 1 is 0.327 bits per heavy atom. The molecule has 0 fully saturated rings. The molecule has 0 amide bonds. The van der Waals surface area contributed by atoms with E-state index in [1.807, 2.05) is 30.5 Å². The van der Waals surface area contributed by atoms with Crippen LogP contribution >= 0.6 is 0 Å². The Labute approximate surface area is 284 Å². The summed E-state index contributed by atoms with van der Waals surface area (Å²) in [4.78, 5) is 19.7. The first-order valence-corrected chi connectivity index (χ1v) is 16.6. The van der Waals surface area contributed by atoms with Crippen LogP contribution in [0.4, 0.5) is 0 Å². The van der Waals surface area contributed by atoms with Gasteiger partial charge in [0.1, 0.15) is 0 Å². The highest BCUT2D eigenvalue weighted by atomic mass is 15.0. The monoisotopic (exact) mass is 624 g/mol. The Hall–Kier alpha value is -6.52. The van der Waals surface area contributed by atoms with Crippen molar-refractivity contribution in [3.63, 3.8) is 0 Å². The van der Waals surface area contributed by atoms with Crippen LogP contribution in [0.25, 0.3) is 67.5 Å². The van der Waals surface area contributed by atoms with Crippen molar-refractivity contribution in [3.05, 3.63) is 192 Å². The molecular formula is C45H28N4. The fourth-order valence-electron chi connectivity index (χ4n) is 8.02. The Kier molecular flexibility index (Phi) is 6.06. The predicted octanol–water partition coefficient (Wildman–Crippen LogP) is 10.3. The van der Waals surface area contributed by atoms with E-state index in [1.54, 1.807) is 6.20 Å². The van der Waals surface area contributed by atoms with Crippen molar-refractivity contribution >= 4 is 0 Å². The topological polar surface area (TPSA) is 51.6 Å². The van der Waals surface area contributed by atoms with Crippen LogP contribution in [-0.2, 0) is 5.41 Å². The van der Waals surface area contributed by atoms with Gasteiger partial charge in [0.05, 0.1) is 5.41 Å². The Balaban J connectivity index is 1.22. The minimum absolute atomic E-state index is 0.435. The molecule has 4 nitrogen and oxygen atoms in total. The number of pyridine rings is 1. The zero-order valence-corrected chi connectivity index (χ0v) is 26.5. The maximum atomic E-state index is 5.22. The third-order valence-corrected chi connectivity index (χ3v) is 10.1. The Morgan fingerprint density at radius 2 is 0.816 bits per heavy atom. The number of aromatic nitrogens is 4. The lowest BCUT2D eigenvalue weighted by molar-refractivity contribution is 0.794. The maximum absolute atomic E-state index is 5.22. The van der Waals surface area contributed by atoms with E-state index in [2.05, 4.69) is 138 Å². The van der Waals surface area contributed by atoms with Gasteiger partial charge in [-0.05, 0) is 61.7 Å². The molecule has 49 heavy (non-hydrogen) atoms. The summed E-state index contributed by atoms with van der Waals surface area (Å²) < 4.78 is 0. The van der Waals surface area contributed by atoms with E-state index >= 15 is 0 Å². The fourth-order valence-corrected chi connectivity index (χ4v) is 8.02. The van der Waals surface area contributed by atoms with Gasteiger partial charge in [-0.2, -0.15) is 0 Å². The van der Waals surface area contributed by atoms with E-state index < -0.39 is 5.41 Å². The molecule has 2 aliphatic rings. The number of hydrogen-bond donors (Lipinski definition) is 0. The number of nitrogens with zero attached hydrogens (tertiary/aromatic N) is 4. The molecule has 6 aromatic carbocycles. The third kappa shape index (κ3) is 4.04. The molecule has 0 aliphatic heterocycles. The van der Waals surface area contributed by atoms with E-state index in [9.17, 15) is 0 Å². The van der Waals surface area contributed by atoms with Gasteiger partial charge < -0.3 is 0 Å². The lowest BCUT2D eigenvalue weighted by atomic mass is 9.70. The Morgan fingerprint density at radius 3 is 1.47 bits per heavy atom. The Bertz CT molecular complexity index is 2490. The van der Waals surface area contributed by atoms with E-state index in [0.29, 0.717) is 17.5 Å². The second-order valence-corrected chi connectivity index (χ2v) is 12.6. The van der Waals surface area contributed by atoms with E-state index in [1.165, 1.54) is 44.5 Å². The highest BCUT2D eigenvalue weighted by molar-refractivity contribution is 5.99. The SMILES string of the molecule is c1ccc(-c2nc(-c3ccc(-c4cccnc4)cc3)nc(-c3cccc4c3-c3ccccc3C43c4ccccc4-c4ccccc43)n2)cc1. The standard InChI is InChI=1S/C45H28N4/c1-2-12-30(13-3-1)42-47-43(31-25-23-29(24-26-31)32-14-11-27-46-28-32)49-44(48-42)36-18-10-22-40-41(36)35-17-6-9-21-39(35)45(40)37-19-7-4-15-33(37)34-16-5-8-20-38(34)45/h1-28H. The third-order valence-electron chi connectivity index (χ3n) is 10.1. The average molecular weight is 625 g/mol. The number of benzene rings is 6. The molecule has 0 atom stereocenters. The van der Waals surface area contributed by atoms with Crippen LogP contribution in [0, 0.1) is 0 Å². The van der Waals surface area contributed by atoms with Crippen LogP contribution in [0.2, 0.25) is 0 Å². The van der Waals surface area contributed by atoms with Crippen LogP contribution < -0.4 is 0 Å². The summed E-state index contributed by atoms with van der Waals surface area (Å²) in [5, 5.41) is 0. The molecule has 10 rings (SSSR count). The highest BCUT2D eigenvalue weighted by Crippen LogP contribution is 2.63. The lowest BCUT2D eigenvalue weighted by Gasteiger charge is -2.30. The van der Waals surface area contributed by atoms with Crippen LogP contribution in [0.1, 0.15) is 22.3 Å². The largest absolute Gasteiger partial charge is 0.264 e. The molecule has 2 aliphatic carbocycles. The first-order chi connectivity index (χ1) is 24.3. The number of fused-ring (bicyclic) bond motifs is 10. The molecule has 228 valence electrons. The summed E-state index contributed by atoms with van der Waals surface area (Å²) >= 11 is 0. The van der Waals surface area contributed by atoms with Crippen molar-refractivity contribution in [2.75, 3.05) is 0 Å². The quantitative estimate of drug-likeness (QED) is 0.196. The van der Waals surface area contributed by atoms with Gasteiger partial charge >= 0.3 is 0 Å². The van der Waals surface area contributed by atoms with Crippen molar-refractivity contribution in [1.82, 2.24) is 19.9 Å². The van der Waals surface area contributed by atoms with Gasteiger partial charge in [0.15, 0.2) is 17.5 Å². The van der Waals surface area contributed by atoms with E-state index in [-0.39, 0.29) is 0 Å². The summed E-state index contributed by atoms with van der Waals surface area (Å²) in [5.74, 6) is 1.94. The van der Waals surface area contributed by atoms with Gasteiger partial charge in [-0.15, -0.1) is 0 Å². The fraction of sp³-hybridized carbons (Fsp3) is 0.0222. The van der Waals surface area contributed by atoms with Crippen LogP contribution in [0.15, 0.2) is 170 Å². The van der Waals surface area contributed by atoms with Crippen LogP contribution in [0.3, 0.4) is 0 Å². The van der Waals surface area contributed by atoms with E-state index in [4.69, 9.17) is 15.0 Å². The summed E-state index contributed by atoms with van der Waals surface area (Å²) in [7, 11) is 0. The van der Waals surface area contributed by atoms with Gasteiger partial charge in [0, 0.05) is 29.1 Å². The molecule has 0 unspecified atom stereocenters. The zero-order chi connectivity index (χ0) is 32.4. The molecule has 2 aromatic heterocycles. The maximum Gasteiger partial charge on any atom is 0.164 e. The molecule has 0 bridgehead atoms. The number of rotatable bonds is 4. The normalized spacial score (nSPS) is 13.1. The van der Waals surface area contributed by atoms with Gasteiger partial charge in [-0.1, -0.05) is 152 Å². The van der Waals surface area contributed by atoms with Crippen LogP contribution in [-0.4, -0.2) is 19.9 Å². The molecule has 0 saturated carbocycles. The molecule has 0 saturated heterocycles. The first-order valence-electron chi connectivity index (χ1n) is 16.6. The zero-order valence-electron chi connectivity index (χ0n) is 26.5. The molecule has 1 spiro atoms. The predicted molar refractivity (Wildman–Crippen MR) is 196 cm³/mol. The second kappa shape index (κ2) is 10.8. The average Bonchev–Trinajstić information content (AvgIpc) is 3.66. The minimum Gasteiger partial charge on any atom is -0.264 e. The van der Waals surface area contributed by atoms with Crippen molar-refractivity contribution < 1.29 is 0 Å². The molecule has 8 aromatic rings. The first kappa shape index (κ1) is 27.6. The highest BCUT2D eigenvalue weighted by Gasteiger charge is 2.52. The van der Waals surface area contributed by atoms with Crippen molar-refractivity contribution in [1.29, 1.82) is 0 Å². The number of hydrogen-bond acceptors (Lipinski definition) is 4. The van der Waals surface area contributed by atoms with Crippen molar-refractivity contribution in [3.8, 4) is 67.5 Å². The van der Waals surface area contributed by atoms with Crippen LogP contribution in [0.5, 0.6) is 0 Å². The van der Waals surface area contributed by atoms with Gasteiger partial charge in [-0.3, -0.25) is 4.98 Å². The molecule has 0 N–H and O–H groups in total. The summed E-state index contributed by atoms with van der Waals surface area (Å²) in [5.41, 5.74) is 14.7.